The molecule has 0 amide bonds. The summed E-state index contributed by atoms with van der Waals surface area (Å²) in [5, 5.41) is 11.7. The first-order chi connectivity index (χ1) is 11.2. The smallest absolute Gasteiger partial charge is 0.123 e. The highest BCUT2D eigenvalue weighted by Crippen LogP contribution is 2.34. The summed E-state index contributed by atoms with van der Waals surface area (Å²) in [6.45, 7) is 8.45. The van der Waals surface area contributed by atoms with Crippen LogP contribution in [0.4, 0.5) is 0 Å². The van der Waals surface area contributed by atoms with E-state index >= 15 is 0 Å². The van der Waals surface area contributed by atoms with Crippen LogP contribution in [0.3, 0.4) is 0 Å². The van der Waals surface area contributed by atoms with Gasteiger partial charge in [0.15, 0.2) is 0 Å². The van der Waals surface area contributed by atoms with E-state index in [9.17, 15) is 9.90 Å². The van der Waals surface area contributed by atoms with E-state index in [1.54, 1.807) is 14.0 Å². The molecule has 0 unspecified atom stereocenters. The lowest BCUT2D eigenvalue weighted by Crippen LogP contribution is -2.21. The van der Waals surface area contributed by atoms with Crippen LogP contribution in [0.5, 0.6) is 11.5 Å². The van der Waals surface area contributed by atoms with Crippen LogP contribution in [-0.4, -0.2) is 24.7 Å². The summed E-state index contributed by atoms with van der Waals surface area (Å²) in [7, 11) is 1.64. The van der Waals surface area contributed by atoms with E-state index in [4.69, 9.17) is 9.47 Å². The molecular weight excluding hydrogens is 326 g/mol. The Labute approximate surface area is 146 Å². The molecule has 0 spiro atoms. The molecule has 0 bridgehead atoms. The summed E-state index contributed by atoms with van der Waals surface area (Å²) >= 11 is 1.15. The van der Waals surface area contributed by atoms with Crippen LogP contribution in [0.1, 0.15) is 46.7 Å². The van der Waals surface area contributed by atoms with E-state index in [2.05, 4.69) is 25.8 Å². The van der Waals surface area contributed by atoms with Crippen molar-refractivity contribution in [3.8, 4) is 11.5 Å². The number of methoxy groups -OCH3 is 1. The van der Waals surface area contributed by atoms with E-state index in [0.717, 1.165) is 33.4 Å². The molecule has 6 heteroatoms. The molecule has 1 aromatic heterocycles. The van der Waals surface area contributed by atoms with E-state index in [1.807, 2.05) is 18.2 Å². The largest absolute Gasteiger partial charge is 0.544 e. The molecule has 0 saturated heterocycles. The standard InChI is InChI=1S/C18H23NO4S/c1-11-16(17(20)21)24-15(19-11)8-9-23-14-7-6-12(22-5)10-13(14)18(2,3)4/h6-7,10H,8-9H2,1-5H3,(H,20,21)/p-1. The molecule has 0 aliphatic heterocycles. The van der Waals surface area contributed by atoms with Crippen molar-refractivity contribution in [2.45, 2.75) is 39.5 Å². The lowest BCUT2D eigenvalue weighted by Gasteiger charge is -2.23. The number of ether oxygens (including phenoxy) is 2. The van der Waals surface area contributed by atoms with Crippen LogP contribution >= 0.6 is 11.3 Å². The Kier molecular flexibility index (Phi) is 5.49. The number of rotatable bonds is 6. The number of hydrogen-bond donors (Lipinski definition) is 0. The Balaban J connectivity index is 2.09. The molecule has 5 nitrogen and oxygen atoms in total. The van der Waals surface area contributed by atoms with Crippen molar-refractivity contribution in [2.75, 3.05) is 13.7 Å². The van der Waals surface area contributed by atoms with Crippen LogP contribution in [0.2, 0.25) is 0 Å². The van der Waals surface area contributed by atoms with Crippen molar-refractivity contribution < 1.29 is 19.4 Å². The minimum atomic E-state index is -1.18. The predicted octanol–water partition coefficient (Wildman–Crippen LogP) is 2.74. The van der Waals surface area contributed by atoms with Crippen LogP contribution < -0.4 is 14.6 Å². The van der Waals surface area contributed by atoms with E-state index in [0.29, 0.717) is 18.7 Å². The maximum Gasteiger partial charge on any atom is 0.123 e. The number of aryl methyl sites for hydroxylation is 1. The molecule has 0 aliphatic carbocycles. The van der Waals surface area contributed by atoms with Gasteiger partial charge in [-0.3, -0.25) is 0 Å². The highest BCUT2D eigenvalue weighted by molar-refractivity contribution is 7.13. The average Bonchev–Trinajstić information content (AvgIpc) is 2.87. The maximum atomic E-state index is 11.0. The summed E-state index contributed by atoms with van der Waals surface area (Å²) in [5.74, 6) is 0.417. The van der Waals surface area contributed by atoms with Gasteiger partial charge in [0.25, 0.3) is 0 Å². The zero-order chi connectivity index (χ0) is 17.9. The van der Waals surface area contributed by atoms with Crippen LogP contribution in [0, 0.1) is 6.92 Å². The number of thiazole rings is 1. The molecule has 0 aliphatic rings. The molecule has 24 heavy (non-hydrogen) atoms. The molecule has 1 aromatic carbocycles. The second-order valence-electron chi connectivity index (χ2n) is 6.52. The Morgan fingerprint density at radius 1 is 1.33 bits per heavy atom. The molecule has 0 fully saturated rings. The predicted molar refractivity (Wildman–Crippen MR) is 92.1 cm³/mol. The summed E-state index contributed by atoms with van der Waals surface area (Å²) in [6.07, 6.45) is 0.550. The second kappa shape index (κ2) is 7.21. The number of aromatic nitrogens is 1. The SMILES string of the molecule is COc1ccc(OCCc2nc(C)c(C(=O)[O-])s2)c(C(C)(C)C)c1. The van der Waals surface area contributed by atoms with Crippen LogP contribution in [0.15, 0.2) is 18.2 Å². The van der Waals surface area contributed by atoms with Crippen molar-refractivity contribution in [3.05, 3.63) is 39.3 Å². The summed E-state index contributed by atoms with van der Waals surface area (Å²) < 4.78 is 11.2. The van der Waals surface area contributed by atoms with Crippen molar-refractivity contribution in [2.24, 2.45) is 0 Å². The topological polar surface area (TPSA) is 71.5 Å². The Morgan fingerprint density at radius 2 is 2.04 bits per heavy atom. The minimum absolute atomic E-state index is 0.0796. The van der Waals surface area contributed by atoms with Crippen molar-refractivity contribution in [1.29, 1.82) is 0 Å². The lowest BCUT2D eigenvalue weighted by molar-refractivity contribution is -0.254. The molecule has 0 radical (unpaired) electrons. The highest BCUT2D eigenvalue weighted by Gasteiger charge is 2.20. The summed E-state index contributed by atoms with van der Waals surface area (Å²) in [6, 6.07) is 5.75. The van der Waals surface area contributed by atoms with Crippen LogP contribution in [-0.2, 0) is 11.8 Å². The zero-order valence-electron chi connectivity index (χ0n) is 14.6. The van der Waals surface area contributed by atoms with E-state index in [1.165, 1.54) is 0 Å². The number of hydrogen-bond acceptors (Lipinski definition) is 6. The van der Waals surface area contributed by atoms with E-state index < -0.39 is 5.97 Å². The normalized spacial score (nSPS) is 11.4. The number of benzene rings is 1. The van der Waals surface area contributed by atoms with Crippen molar-refractivity contribution >= 4 is 17.3 Å². The van der Waals surface area contributed by atoms with Crippen molar-refractivity contribution in [1.82, 2.24) is 4.98 Å². The molecule has 0 saturated carbocycles. The summed E-state index contributed by atoms with van der Waals surface area (Å²) in [4.78, 5) is 15.4. The number of nitrogens with zero attached hydrogens (tertiary/aromatic N) is 1. The first-order valence-corrected chi connectivity index (χ1v) is 8.53. The number of aromatic carboxylic acids is 1. The van der Waals surface area contributed by atoms with Crippen LogP contribution in [0.25, 0.3) is 0 Å². The maximum absolute atomic E-state index is 11.0. The van der Waals surface area contributed by atoms with Crippen molar-refractivity contribution in [3.63, 3.8) is 0 Å². The molecule has 1 heterocycles. The molecule has 0 atom stereocenters. The fourth-order valence-corrected chi connectivity index (χ4v) is 3.23. The number of carbonyl (C=O) groups excluding carboxylic acids is 1. The quantitative estimate of drug-likeness (QED) is 0.803. The van der Waals surface area contributed by atoms with E-state index in [-0.39, 0.29) is 10.3 Å². The molecule has 2 rings (SSSR count). The summed E-state index contributed by atoms with van der Waals surface area (Å²) in [5.41, 5.74) is 1.48. The second-order valence-corrected chi connectivity index (χ2v) is 7.60. The third kappa shape index (κ3) is 4.26. The molecule has 130 valence electrons. The fourth-order valence-electron chi connectivity index (χ4n) is 2.34. The molecule has 0 N–H and O–H groups in total. The van der Waals surface area contributed by atoms with Gasteiger partial charge >= 0.3 is 0 Å². The number of carboxylic acids is 1. The lowest BCUT2D eigenvalue weighted by atomic mass is 9.86. The van der Waals surface area contributed by atoms with Gasteiger partial charge in [0, 0.05) is 12.0 Å². The van der Waals surface area contributed by atoms with Gasteiger partial charge in [0.05, 0.1) is 35.3 Å². The third-order valence-electron chi connectivity index (χ3n) is 3.59. The van der Waals surface area contributed by atoms with Gasteiger partial charge in [-0.25, -0.2) is 4.98 Å². The average molecular weight is 348 g/mol. The Hall–Kier alpha value is -2.08. The number of carbonyl (C=O) groups is 1. The van der Waals surface area contributed by atoms with Gasteiger partial charge in [0.2, 0.25) is 0 Å². The first kappa shape index (κ1) is 18.3. The molecular formula is C18H22NO4S-. The monoisotopic (exact) mass is 348 g/mol. The van der Waals surface area contributed by atoms with Gasteiger partial charge < -0.3 is 19.4 Å². The highest BCUT2D eigenvalue weighted by atomic mass is 32.1. The Bertz CT molecular complexity index is 731. The zero-order valence-corrected chi connectivity index (χ0v) is 15.5. The first-order valence-electron chi connectivity index (χ1n) is 7.71. The third-order valence-corrected chi connectivity index (χ3v) is 4.79. The van der Waals surface area contributed by atoms with Gasteiger partial charge in [-0.1, -0.05) is 20.8 Å². The number of carboxylic acid groups (broad SMARTS) is 1. The van der Waals surface area contributed by atoms with Gasteiger partial charge in [-0.05, 0) is 30.5 Å². The fraction of sp³-hybridized carbons (Fsp3) is 0.444. The minimum Gasteiger partial charge on any atom is -0.544 e. The molecule has 2 aromatic rings. The van der Waals surface area contributed by atoms with Gasteiger partial charge in [0.1, 0.15) is 11.5 Å². The van der Waals surface area contributed by atoms with Gasteiger partial charge in [-0.15, -0.1) is 11.3 Å². The van der Waals surface area contributed by atoms with Gasteiger partial charge in [-0.2, -0.15) is 0 Å². The Morgan fingerprint density at radius 3 is 2.58 bits per heavy atom.